The second-order valence-corrected chi connectivity index (χ2v) is 6.01. The summed E-state index contributed by atoms with van der Waals surface area (Å²) in [6.07, 6.45) is 0.857. The Morgan fingerprint density at radius 2 is 2.25 bits per heavy atom. The van der Waals surface area contributed by atoms with Crippen molar-refractivity contribution in [3.05, 3.63) is 17.0 Å². The second kappa shape index (κ2) is 6.84. The highest BCUT2D eigenvalue weighted by atomic mass is 32.1. The van der Waals surface area contributed by atoms with E-state index in [4.69, 9.17) is 10.00 Å². The lowest BCUT2D eigenvalue weighted by Crippen LogP contribution is -2.46. The molecule has 0 aromatic carbocycles. The number of nitrogens with zero attached hydrogens (tertiary/aromatic N) is 2. The Hall–Kier alpha value is -1.42. The van der Waals surface area contributed by atoms with Crippen LogP contribution in [0, 0.1) is 11.3 Å². The normalized spacial score (nSPS) is 23.2. The molecule has 1 aromatic heterocycles. The van der Waals surface area contributed by atoms with Crippen molar-refractivity contribution in [1.82, 2.24) is 4.90 Å². The van der Waals surface area contributed by atoms with Crippen LogP contribution in [0.5, 0.6) is 0 Å². The van der Waals surface area contributed by atoms with Gasteiger partial charge in [0.25, 0.3) is 0 Å². The molecule has 0 spiro atoms. The molecular weight excluding hydrogens is 274 g/mol. The summed E-state index contributed by atoms with van der Waals surface area (Å²) in [7, 11) is 0. The van der Waals surface area contributed by atoms with Gasteiger partial charge in [-0.3, -0.25) is 9.69 Å². The Labute approximate surface area is 123 Å². The fraction of sp³-hybridized carbons (Fsp3) is 0.571. The topological polar surface area (TPSA) is 65.4 Å². The number of anilines is 1. The van der Waals surface area contributed by atoms with Crippen LogP contribution in [0.3, 0.4) is 0 Å². The van der Waals surface area contributed by atoms with Crippen LogP contribution in [0.1, 0.15) is 25.8 Å². The number of morpholine rings is 1. The SMILES string of the molecule is C[C@@H]1CN(CCC(=O)Nc2sccc2C#N)C[C@@H](C)O1. The van der Waals surface area contributed by atoms with Crippen molar-refractivity contribution < 1.29 is 9.53 Å². The van der Waals surface area contributed by atoms with Gasteiger partial charge in [0, 0.05) is 26.1 Å². The fourth-order valence-corrected chi connectivity index (χ4v) is 3.16. The highest BCUT2D eigenvalue weighted by molar-refractivity contribution is 7.14. The van der Waals surface area contributed by atoms with Crippen LogP contribution in [0.4, 0.5) is 5.00 Å². The van der Waals surface area contributed by atoms with Gasteiger partial charge in [0.2, 0.25) is 5.91 Å². The van der Waals surface area contributed by atoms with Crippen molar-refractivity contribution in [3.63, 3.8) is 0 Å². The minimum atomic E-state index is -0.0456. The smallest absolute Gasteiger partial charge is 0.226 e. The van der Waals surface area contributed by atoms with E-state index in [2.05, 4.69) is 16.3 Å². The molecule has 1 fully saturated rings. The standard InChI is InChI=1S/C14H19N3O2S/c1-10-8-17(9-11(2)19-10)5-3-13(18)16-14-12(7-15)4-6-20-14/h4,6,10-11H,3,5,8-9H2,1-2H3,(H,16,18)/t10-,11-/m1/s1. The number of carbonyl (C=O) groups is 1. The Balaban J connectivity index is 1.79. The molecule has 1 amide bonds. The first-order valence-electron chi connectivity index (χ1n) is 6.73. The molecule has 6 heteroatoms. The lowest BCUT2D eigenvalue weighted by atomic mass is 10.2. The number of amides is 1. The van der Waals surface area contributed by atoms with E-state index in [1.54, 1.807) is 11.4 Å². The molecule has 1 aromatic rings. The zero-order valence-electron chi connectivity index (χ0n) is 11.8. The molecule has 2 atom stereocenters. The van der Waals surface area contributed by atoms with Gasteiger partial charge in [-0.15, -0.1) is 11.3 Å². The zero-order chi connectivity index (χ0) is 14.5. The van der Waals surface area contributed by atoms with Gasteiger partial charge < -0.3 is 10.1 Å². The van der Waals surface area contributed by atoms with Gasteiger partial charge in [0.1, 0.15) is 11.1 Å². The number of carbonyl (C=O) groups excluding carboxylic acids is 1. The van der Waals surface area contributed by atoms with E-state index in [9.17, 15) is 4.79 Å². The number of rotatable bonds is 4. The molecule has 1 saturated heterocycles. The van der Waals surface area contributed by atoms with Crippen molar-refractivity contribution in [3.8, 4) is 6.07 Å². The van der Waals surface area contributed by atoms with Crippen LogP contribution < -0.4 is 5.32 Å². The quantitative estimate of drug-likeness (QED) is 0.923. The van der Waals surface area contributed by atoms with E-state index in [0.717, 1.165) is 19.6 Å². The lowest BCUT2D eigenvalue weighted by molar-refractivity contribution is -0.117. The molecule has 1 aliphatic rings. The predicted molar refractivity (Wildman–Crippen MR) is 78.7 cm³/mol. The third kappa shape index (κ3) is 4.04. The minimum absolute atomic E-state index is 0.0456. The summed E-state index contributed by atoms with van der Waals surface area (Å²) in [5.41, 5.74) is 0.525. The Morgan fingerprint density at radius 1 is 1.55 bits per heavy atom. The monoisotopic (exact) mass is 293 g/mol. The molecule has 0 radical (unpaired) electrons. The van der Waals surface area contributed by atoms with Gasteiger partial charge in [-0.2, -0.15) is 5.26 Å². The van der Waals surface area contributed by atoms with E-state index >= 15 is 0 Å². The summed E-state index contributed by atoms with van der Waals surface area (Å²) in [5, 5.41) is 14.1. The maximum Gasteiger partial charge on any atom is 0.226 e. The number of nitriles is 1. The van der Waals surface area contributed by atoms with Crippen LogP contribution >= 0.6 is 11.3 Å². The summed E-state index contributed by atoms with van der Waals surface area (Å²) in [6.45, 7) is 6.54. The second-order valence-electron chi connectivity index (χ2n) is 5.09. The summed E-state index contributed by atoms with van der Waals surface area (Å²) in [4.78, 5) is 14.2. The number of thiophene rings is 1. The van der Waals surface area contributed by atoms with Gasteiger partial charge in [-0.05, 0) is 25.3 Å². The molecule has 1 N–H and O–H groups in total. The van der Waals surface area contributed by atoms with Crippen molar-refractivity contribution in [2.24, 2.45) is 0 Å². The van der Waals surface area contributed by atoms with Crippen LogP contribution in [-0.4, -0.2) is 42.6 Å². The predicted octanol–water partition coefficient (Wildman–Crippen LogP) is 2.06. The van der Waals surface area contributed by atoms with Gasteiger partial charge in [-0.1, -0.05) is 0 Å². The Kier molecular flexibility index (Phi) is 5.12. The summed E-state index contributed by atoms with van der Waals surface area (Å²) in [5.74, 6) is -0.0456. The largest absolute Gasteiger partial charge is 0.373 e. The molecular formula is C14H19N3O2S. The molecule has 1 aliphatic heterocycles. The molecule has 0 aliphatic carbocycles. The lowest BCUT2D eigenvalue weighted by Gasteiger charge is -2.35. The summed E-state index contributed by atoms with van der Waals surface area (Å²) < 4.78 is 5.66. The number of ether oxygens (including phenoxy) is 1. The van der Waals surface area contributed by atoms with Crippen LogP contribution in [0.2, 0.25) is 0 Å². The Morgan fingerprint density at radius 3 is 2.90 bits per heavy atom. The molecule has 0 bridgehead atoms. The minimum Gasteiger partial charge on any atom is -0.373 e. The van der Waals surface area contributed by atoms with Gasteiger partial charge in [0.15, 0.2) is 0 Å². The van der Waals surface area contributed by atoms with E-state index in [1.807, 2.05) is 13.8 Å². The number of hydrogen-bond acceptors (Lipinski definition) is 5. The maximum absolute atomic E-state index is 11.9. The van der Waals surface area contributed by atoms with Gasteiger partial charge in [0.05, 0.1) is 17.8 Å². The fourth-order valence-electron chi connectivity index (χ4n) is 2.41. The average molecular weight is 293 g/mol. The van der Waals surface area contributed by atoms with Gasteiger partial charge >= 0.3 is 0 Å². The van der Waals surface area contributed by atoms with E-state index in [1.165, 1.54) is 11.3 Å². The van der Waals surface area contributed by atoms with Crippen LogP contribution in [0.25, 0.3) is 0 Å². The zero-order valence-corrected chi connectivity index (χ0v) is 12.6. The third-order valence-corrected chi connectivity index (χ3v) is 4.02. The molecule has 108 valence electrons. The first kappa shape index (κ1) is 15.0. The molecule has 20 heavy (non-hydrogen) atoms. The molecule has 0 unspecified atom stereocenters. The van der Waals surface area contributed by atoms with Crippen molar-refractivity contribution in [2.75, 3.05) is 25.0 Å². The van der Waals surface area contributed by atoms with Crippen molar-refractivity contribution in [2.45, 2.75) is 32.5 Å². The summed E-state index contributed by atoms with van der Waals surface area (Å²) in [6, 6.07) is 3.78. The first-order chi connectivity index (χ1) is 9.58. The van der Waals surface area contributed by atoms with E-state index in [-0.39, 0.29) is 18.1 Å². The van der Waals surface area contributed by atoms with E-state index < -0.39 is 0 Å². The molecule has 0 saturated carbocycles. The van der Waals surface area contributed by atoms with Crippen LogP contribution in [0.15, 0.2) is 11.4 Å². The van der Waals surface area contributed by atoms with Crippen LogP contribution in [-0.2, 0) is 9.53 Å². The van der Waals surface area contributed by atoms with Crippen molar-refractivity contribution >= 4 is 22.2 Å². The highest BCUT2D eigenvalue weighted by Crippen LogP contribution is 2.22. The first-order valence-corrected chi connectivity index (χ1v) is 7.61. The molecule has 2 heterocycles. The highest BCUT2D eigenvalue weighted by Gasteiger charge is 2.22. The Bertz CT molecular complexity index is 499. The maximum atomic E-state index is 11.9. The number of hydrogen-bond donors (Lipinski definition) is 1. The van der Waals surface area contributed by atoms with Gasteiger partial charge in [-0.25, -0.2) is 0 Å². The van der Waals surface area contributed by atoms with E-state index in [0.29, 0.717) is 17.0 Å². The molecule has 5 nitrogen and oxygen atoms in total. The molecule has 2 rings (SSSR count). The van der Waals surface area contributed by atoms with Crippen molar-refractivity contribution in [1.29, 1.82) is 5.26 Å². The number of nitrogens with one attached hydrogen (secondary N) is 1. The summed E-state index contributed by atoms with van der Waals surface area (Å²) >= 11 is 1.38. The third-order valence-electron chi connectivity index (χ3n) is 3.19. The average Bonchev–Trinajstić information content (AvgIpc) is 2.82.